The van der Waals surface area contributed by atoms with Crippen molar-refractivity contribution >= 4 is 17.5 Å². The van der Waals surface area contributed by atoms with Crippen LogP contribution >= 0.6 is 11.6 Å². The molecule has 0 radical (unpaired) electrons. The fourth-order valence-corrected chi connectivity index (χ4v) is 4.41. The van der Waals surface area contributed by atoms with Crippen LogP contribution in [0, 0.1) is 11.3 Å². The van der Waals surface area contributed by atoms with Gasteiger partial charge in [0.1, 0.15) is 17.3 Å². The van der Waals surface area contributed by atoms with Crippen LogP contribution < -0.4 is 5.32 Å². The number of hydrogen-bond donors (Lipinski definition) is 2. The number of carbonyl (C=O) groups excluding carboxylic acids is 1. The molecule has 2 aromatic heterocycles. The number of nitrogens with zero attached hydrogens (tertiary/aromatic N) is 5. The molecule has 0 saturated carbocycles. The lowest BCUT2D eigenvalue weighted by molar-refractivity contribution is -0.131. The molecule has 10 heteroatoms. The highest BCUT2D eigenvalue weighted by Crippen LogP contribution is 2.42. The van der Waals surface area contributed by atoms with Gasteiger partial charge in [-0.3, -0.25) is 19.5 Å². The van der Waals surface area contributed by atoms with Crippen LogP contribution in [0.15, 0.2) is 6.33 Å². The second-order valence-corrected chi connectivity index (χ2v) is 7.70. The maximum atomic E-state index is 13.0. The lowest BCUT2D eigenvalue weighted by atomic mass is 9.80. The molecule has 4 heterocycles. The highest BCUT2D eigenvalue weighted by atomic mass is 35.5. The van der Waals surface area contributed by atoms with E-state index in [2.05, 4.69) is 37.4 Å². The van der Waals surface area contributed by atoms with Crippen molar-refractivity contribution in [3.63, 3.8) is 0 Å². The van der Waals surface area contributed by atoms with Gasteiger partial charge >= 0.3 is 0 Å². The summed E-state index contributed by atoms with van der Waals surface area (Å²) in [6.45, 7) is 5.61. The predicted octanol–water partition coefficient (Wildman–Crippen LogP) is 0.519. The number of aromatic amines is 1. The van der Waals surface area contributed by atoms with Gasteiger partial charge in [-0.1, -0.05) is 18.5 Å². The zero-order valence-electron chi connectivity index (χ0n) is 15.5. The van der Waals surface area contributed by atoms with E-state index in [4.69, 9.17) is 16.3 Å². The van der Waals surface area contributed by atoms with E-state index in [-0.39, 0.29) is 11.8 Å². The van der Waals surface area contributed by atoms with Crippen molar-refractivity contribution in [1.82, 2.24) is 35.2 Å². The number of carbonyl (C=O) groups is 1. The summed E-state index contributed by atoms with van der Waals surface area (Å²) < 4.78 is 7.40. The van der Waals surface area contributed by atoms with Gasteiger partial charge in [0.2, 0.25) is 5.91 Å². The lowest BCUT2D eigenvalue weighted by Gasteiger charge is -2.26. The van der Waals surface area contributed by atoms with Crippen molar-refractivity contribution in [1.29, 1.82) is 0 Å². The Kier molecular flexibility index (Phi) is 4.92. The van der Waals surface area contributed by atoms with Crippen LogP contribution in [0.1, 0.15) is 24.0 Å². The minimum Gasteiger partial charge on any atom is -0.380 e. The average molecular weight is 394 g/mol. The summed E-state index contributed by atoms with van der Waals surface area (Å²) >= 11 is 6.45. The maximum absolute atomic E-state index is 13.0. The topological polar surface area (TPSA) is 101 Å². The fourth-order valence-electron chi connectivity index (χ4n) is 4.20. The molecule has 2 aliphatic rings. The Bertz CT molecular complexity index is 822. The van der Waals surface area contributed by atoms with Crippen LogP contribution in [0.3, 0.4) is 0 Å². The third-order valence-electron chi connectivity index (χ3n) is 5.65. The maximum Gasteiger partial charge on any atom is 0.230 e. The number of halogens is 1. The molecule has 2 atom stereocenters. The summed E-state index contributed by atoms with van der Waals surface area (Å²) in [5.74, 6) is 0.824. The monoisotopic (exact) mass is 393 g/mol. The van der Waals surface area contributed by atoms with Gasteiger partial charge in [0.15, 0.2) is 0 Å². The minimum atomic E-state index is -0.527. The SMILES string of the molecule is CCc1nn(C)c(Cl)c1CN1C[C@@H]2COC[C@]2(C(=O)NCc2ncn[nH]2)C1. The summed E-state index contributed by atoms with van der Waals surface area (Å²) in [7, 11) is 1.86. The molecule has 2 saturated heterocycles. The Morgan fingerprint density at radius 3 is 3.15 bits per heavy atom. The van der Waals surface area contributed by atoms with Gasteiger partial charge in [0.05, 0.1) is 30.9 Å². The Morgan fingerprint density at radius 2 is 2.41 bits per heavy atom. The van der Waals surface area contributed by atoms with Crippen LogP contribution in [0.25, 0.3) is 0 Å². The molecule has 27 heavy (non-hydrogen) atoms. The van der Waals surface area contributed by atoms with Gasteiger partial charge in [-0.25, -0.2) is 4.98 Å². The first kappa shape index (κ1) is 18.4. The van der Waals surface area contributed by atoms with Gasteiger partial charge < -0.3 is 10.1 Å². The third kappa shape index (κ3) is 3.24. The Labute approximate surface area is 162 Å². The van der Waals surface area contributed by atoms with Gasteiger partial charge in [-0.15, -0.1) is 0 Å². The number of ether oxygens (including phenoxy) is 1. The fraction of sp³-hybridized carbons (Fsp3) is 0.647. The smallest absolute Gasteiger partial charge is 0.230 e. The van der Waals surface area contributed by atoms with Gasteiger partial charge in [0.25, 0.3) is 0 Å². The molecular weight excluding hydrogens is 370 g/mol. The zero-order valence-corrected chi connectivity index (χ0v) is 16.3. The first-order valence-corrected chi connectivity index (χ1v) is 9.54. The van der Waals surface area contributed by atoms with Gasteiger partial charge in [0, 0.05) is 38.2 Å². The van der Waals surface area contributed by atoms with E-state index >= 15 is 0 Å². The molecule has 2 fully saturated rings. The van der Waals surface area contributed by atoms with Gasteiger partial charge in [-0.2, -0.15) is 10.2 Å². The number of likely N-dealkylation sites (tertiary alicyclic amines) is 1. The van der Waals surface area contributed by atoms with E-state index in [1.54, 1.807) is 4.68 Å². The Balaban J connectivity index is 1.47. The van der Waals surface area contributed by atoms with Crippen molar-refractivity contribution in [2.24, 2.45) is 18.4 Å². The lowest BCUT2D eigenvalue weighted by Crippen LogP contribution is -2.46. The number of nitrogens with one attached hydrogen (secondary N) is 2. The van der Waals surface area contributed by atoms with Crippen molar-refractivity contribution in [2.45, 2.75) is 26.4 Å². The second kappa shape index (κ2) is 7.21. The largest absolute Gasteiger partial charge is 0.380 e. The average Bonchev–Trinajstić information content (AvgIpc) is 3.40. The molecular formula is C17H24ClN7O2. The number of H-pyrrole nitrogens is 1. The molecule has 0 aromatic carbocycles. The summed E-state index contributed by atoms with van der Waals surface area (Å²) in [6, 6.07) is 0. The van der Waals surface area contributed by atoms with E-state index in [1.165, 1.54) is 6.33 Å². The molecule has 2 N–H and O–H groups in total. The first-order valence-electron chi connectivity index (χ1n) is 9.16. The number of amides is 1. The Hall–Kier alpha value is -1.97. The molecule has 0 unspecified atom stereocenters. The molecule has 2 aliphatic heterocycles. The first-order chi connectivity index (χ1) is 13.0. The zero-order chi connectivity index (χ0) is 19.0. The second-order valence-electron chi connectivity index (χ2n) is 7.35. The van der Waals surface area contributed by atoms with Crippen molar-refractivity contribution < 1.29 is 9.53 Å². The van der Waals surface area contributed by atoms with Crippen LogP contribution in [0.4, 0.5) is 0 Å². The summed E-state index contributed by atoms with van der Waals surface area (Å²) in [5.41, 5.74) is 1.54. The summed E-state index contributed by atoms with van der Waals surface area (Å²) in [6.07, 6.45) is 2.26. The molecule has 9 nitrogen and oxygen atoms in total. The molecule has 1 amide bonds. The molecule has 4 rings (SSSR count). The van der Waals surface area contributed by atoms with E-state index in [1.807, 2.05) is 7.05 Å². The number of rotatable bonds is 6. The van der Waals surface area contributed by atoms with E-state index in [0.29, 0.717) is 43.8 Å². The van der Waals surface area contributed by atoms with Crippen molar-refractivity contribution in [3.05, 3.63) is 28.6 Å². The van der Waals surface area contributed by atoms with Crippen LogP contribution in [-0.4, -0.2) is 62.1 Å². The van der Waals surface area contributed by atoms with Crippen molar-refractivity contribution in [3.8, 4) is 0 Å². The highest BCUT2D eigenvalue weighted by Gasteiger charge is 2.55. The van der Waals surface area contributed by atoms with Crippen LogP contribution in [-0.2, 0) is 36.1 Å². The van der Waals surface area contributed by atoms with E-state index in [9.17, 15) is 4.79 Å². The van der Waals surface area contributed by atoms with E-state index in [0.717, 1.165) is 24.2 Å². The van der Waals surface area contributed by atoms with Gasteiger partial charge in [-0.05, 0) is 6.42 Å². The quantitative estimate of drug-likeness (QED) is 0.742. The minimum absolute atomic E-state index is 0.0110. The van der Waals surface area contributed by atoms with Crippen molar-refractivity contribution in [2.75, 3.05) is 26.3 Å². The summed E-state index contributed by atoms with van der Waals surface area (Å²) in [4.78, 5) is 19.4. The molecule has 0 bridgehead atoms. The Morgan fingerprint density at radius 1 is 1.56 bits per heavy atom. The van der Waals surface area contributed by atoms with Crippen LogP contribution in [0.2, 0.25) is 5.15 Å². The number of hydrogen-bond acceptors (Lipinski definition) is 6. The summed E-state index contributed by atoms with van der Waals surface area (Å²) in [5, 5.41) is 14.7. The molecule has 0 aliphatic carbocycles. The highest BCUT2D eigenvalue weighted by molar-refractivity contribution is 6.30. The predicted molar refractivity (Wildman–Crippen MR) is 97.8 cm³/mol. The molecule has 146 valence electrons. The van der Waals surface area contributed by atoms with Crippen LogP contribution in [0.5, 0.6) is 0 Å². The normalized spacial score (nSPS) is 25.1. The van der Waals surface area contributed by atoms with E-state index < -0.39 is 5.41 Å². The third-order valence-corrected chi connectivity index (χ3v) is 6.12. The number of aryl methyl sites for hydroxylation is 2. The standard InChI is InChI=1S/C17H24ClN7O2/c1-3-13-12(15(18)24(2)23-13)6-25-5-11-7-27-9-17(11,8-25)16(26)19-4-14-20-10-21-22-14/h10-11H,3-9H2,1-2H3,(H,19,26)(H,20,21,22)/t11-,17-/m1/s1. The molecule has 2 aromatic rings. The molecule has 0 spiro atoms. The number of aromatic nitrogens is 5. The number of fused-ring (bicyclic) bond motifs is 1.